The monoisotopic (exact) mass is 507 g/mol. The predicted molar refractivity (Wildman–Crippen MR) is 152 cm³/mol. The Bertz CT molecular complexity index is 1960. The van der Waals surface area contributed by atoms with Crippen LogP contribution >= 0.6 is 0 Å². The Morgan fingerprint density at radius 3 is 2.46 bits per heavy atom. The highest BCUT2D eigenvalue weighted by atomic mass is 15.2. The van der Waals surface area contributed by atoms with Gasteiger partial charge in [-0.3, -0.25) is 20.1 Å². The van der Waals surface area contributed by atoms with Gasteiger partial charge in [-0.15, -0.1) is 0 Å². The van der Waals surface area contributed by atoms with Crippen LogP contribution in [0.3, 0.4) is 0 Å². The number of hydrogen-bond acceptors (Lipinski definition) is 7. The Morgan fingerprint density at radius 2 is 1.59 bits per heavy atom. The maximum absolute atomic E-state index is 4.94. The molecule has 0 saturated carbocycles. The number of fused-ring (bicyclic) bond motifs is 2. The summed E-state index contributed by atoms with van der Waals surface area (Å²) in [5, 5.41) is 11.0. The van der Waals surface area contributed by atoms with Crippen LogP contribution in [0.4, 0.5) is 5.69 Å². The molecule has 0 saturated heterocycles. The van der Waals surface area contributed by atoms with Gasteiger partial charge in [0, 0.05) is 41.6 Å². The lowest BCUT2D eigenvalue weighted by molar-refractivity contribution is 1.10. The van der Waals surface area contributed by atoms with Crippen molar-refractivity contribution in [2.45, 2.75) is 0 Å². The highest BCUT2D eigenvalue weighted by Gasteiger charge is 2.17. The quantitative estimate of drug-likeness (QED) is 0.249. The molecule has 0 atom stereocenters. The summed E-state index contributed by atoms with van der Waals surface area (Å²) in [5.74, 6) is 0.608. The van der Waals surface area contributed by atoms with Crippen LogP contribution in [-0.2, 0) is 0 Å². The molecule has 0 spiro atoms. The Kier molecular flexibility index (Phi) is 5.37. The average Bonchev–Trinajstić information content (AvgIpc) is 3.62. The predicted octanol–water partition coefficient (Wildman–Crippen LogP) is 6.10. The molecular weight excluding hydrogens is 486 g/mol. The van der Waals surface area contributed by atoms with E-state index in [-0.39, 0.29) is 0 Å². The summed E-state index contributed by atoms with van der Waals surface area (Å²) in [7, 11) is 0. The van der Waals surface area contributed by atoms with Gasteiger partial charge in [0.15, 0.2) is 11.5 Å². The summed E-state index contributed by atoms with van der Waals surface area (Å²) < 4.78 is 0. The summed E-state index contributed by atoms with van der Waals surface area (Å²) in [4.78, 5) is 26.3. The van der Waals surface area contributed by atoms with Crippen LogP contribution < -0.4 is 5.32 Å². The summed E-state index contributed by atoms with van der Waals surface area (Å²) >= 11 is 0. The molecule has 3 N–H and O–H groups in total. The van der Waals surface area contributed by atoms with E-state index in [0.717, 1.165) is 56.0 Å². The first-order chi connectivity index (χ1) is 19.2. The van der Waals surface area contributed by atoms with Crippen molar-refractivity contribution in [1.29, 1.82) is 0 Å². The molecule has 6 aromatic heterocycles. The zero-order valence-corrected chi connectivity index (χ0v) is 20.6. The number of imidazole rings is 1. The van der Waals surface area contributed by atoms with Crippen LogP contribution in [0.15, 0.2) is 104 Å². The minimum atomic E-state index is 0.608. The molecule has 186 valence electrons. The second-order valence-electron chi connectivity index (χ2n) is 8.97. The topological polar surface area (TPSA) is 121 Å². The highest BCUT2D eigenvalue weighted by molar-refractivity contribution is 5.95. The first-order valence-electron chi connectivity index (χ1n) is 12.3. The fourth-order valence-electron chi connectivity index (χ4n) is 4.53. The SMILES string of the molecule is C=C(Nc1cncc(-c2ccc3[nH]nc(-c4nc5c(-c6ccncc6)nccc5[nH]4)c3n2)c1)c1ccccc1. The van der Waals surface area contributed by atoms with E-state index in [9.17, 15) is 0 Å². The smallest absolute Gasteiger partial charge is 0.161 e. The lowest BCUT2D eigenvalue weighted by Gasteiger charge is -2.10. The highest BCUT2D eigenvalue weighted by Crippen LogP contribution is 2.31. The molecule has 0 radical (unpaired) electrons. The van der Waals surface area contributed by atoms with Crippen LogP contribution in [0.2, 0.25) is 0 Å². The van der Waals surface area contributed by atoms with Gasteiger partial charge in [-0.25, -0.2) is 9.97 Å². The zero-order chi connectivity index (χ0) is 26.2. The third kappa shape index (κ3) is 4.17. The number of nitrogens with one attached hydrogen (secondary N) is 3. The average molecular weight is 508 g/mol. The van der Waals surface area contributed by atoms with Gasteiger partial charge in [-0.05, 0) is 42.0 Å². The summed E-state index contributed by atoms with van der Waals surface area (Å²) in [6.07, 6.45) is 8.81. The Morgan fingerprint density at radius 1 is 0.744 bits per heavy atom. The van der Waals surface area contributed by atoms with E-state index in [2.05, 4.69) is 42.0 Å². The Balaban J connectivity index is 1.25. The van der Waals surface area contributed by atoms with Gasteiger partial charge < -0.3 is 10.3 Å². The zero-order valence-electron chi connectivity index (χ0n) is 20.6. The van der Waals surface area contributed by atoms with E-state index in [1.165, 1.54) is 0 Å². The van der Waals surface area contributed by atoms with Gasteiger partial charge in [0.1, 0.15) is 11.0 Å². The number of H-pyrrole nitrogens is 2. The summed E-state index contributed by atoms with van der Waals surface area (Å²) in [5.41, 5.74) is 9.74. The standard InChI is InChI=1S/C30H21N9/c1-18(19-5-3-2-4-6-19)34-22-15-21(16-32-17-22)23-7-8-25-28(35-23)29(39-38-25)30-36-24-11-14-33-26(27(24)37-30)20-9-12-31-13-10-20/h2-17,34H,1H2,(H,36,37)(H,38,39). The maximum Gasteiger partial charge on any atom is 0.161 e. The molecule has 7 aromatic rings. The second kappa shape index (κ2) is 9.31. The maximum atomic E-state index is 4.94. The van der Waals surface area contributed by atoms with Crippen LogP contribution in [0.1, 0.15) is 5.56 Å². The Hall–Kier alpha value is -5.70. The molecule has 9 heteroatoms. The van der Waals surface area contributed by atoms with Crippen molar-refractivity contribution in [2.24, 2.45) is 0 Å². The lowest BCUT2D eigenvalue weighted by atomic mass is 10.1. The minimum Gasteiger partial charge on any atom is -0.354 e. The van der Waals surface area contributed by atoms with Crippen LogP contribution in [0.25, 0.3) is 61.8 Å². The largest absolute Gasteiger partial charge is 0.354 e. The third-order valence-electron chi connectivity index (χ3n) is 6.44. The van der Waals surface area contributed by atoms with Crippen molar-refractivity contribution in [2.75, 3.05) is 5.32 Å². The summed E-state index contributed by atoms with van der Waals surface area (Å²) in [6.45, 7) is 4.16. The van der Waals surface area contributed by atoms with E-state index >= 15 is 0 Å². The minimum absolute atomic E-state index is 0.608. The lowest BCUT2D eigenvalue weighted by Crippen LogP contribution is -1.98. The fourth-order valence-corrected chi connectivity index (χ4v) is 4.53. The van der Waals surface area contributed by atoms with Crippen LogP contribution in [0.5, 0.6) is 0 Å². The number of anilines is 1. The molecule has 9 nitrogen and oxygen atoms in total. The van der Waals surface area contributed by atoms with Gasteiger partial charge in [0.2, 0.25) is 0 Å². The molecule has 0 aliphatic heterocycles. The fraction of sp³-hybridized carbons (Fsp3) is 0. The van der Waals surface area contributed by atoms with Crippen molar-refractivity contribution >= 4 is 33.5 Å². The Labute approximate surface area is 222 Å². The van der Waals surface area contributed by atoms with Crippen molar-refractivity contribution in [3.05, 3.63) is 110 Å². The number of aromatic nitrogens is 8. The van der Waals surface area contributed by atoms with Gasteiger partial charge in [-0.2, -0.15) is 5.10 Å². The summed E-state index contributed by atoms with van der Waals surface area (Å²) in [6, 6.07) is 21.6. The molecule has 6 heterocycles. The number of nitrogens with zero attached hydrogens (tertiary/aromatic N) is 6. The van der Waals surface area contributed by atoms with Crippen LogP contribution in [0, 0.1) is 0 Å². The molecule has 0 amide bonds. The molecule has 1 aromatic carbocycles. The van der Waals surface area contributed by atoms with E-state index in [1.54, 1.807) is 31.0 Å². The molecule has 39 heavy (non-hydrogen) atoms. The molecule has 0 aliphatic rings. The van der Waals surface area contributed by atoms with Crippen molar-refractivity contribution in [3.8, 4) is 34.0 Å². The number of hydrogen-bond donors (Lipinski definition) is 3. The van der Waals surface area contributed by atoms with E-state index in [4.69, 9.17) is 9.97 Å². The van der Waals surface area contributed by atoms with E-state index in [0.29, 0.717) is 17.0 Å². The first-order valence-corrected chi connectivity index (χ1v) is 12.3. The molecule has 0 bridgehead atoms. The number of pyridine rings is 4. The van der Waals surface area contributed by atoms with Gasteiger partial charge >= 0.3 is 0 Å². The number of benzene rings is 1. The third-order valence-corrected chi connectivity index (χ3v) is 6.44. The number of aromatic amines is 2. The molecule has 0 aliphatic carbocycles. The van der Waals surface area contributed by atoms with E-state index in [1.807, 2.05) is 66.7 Å². The van der Waals surface area contributed by atoms with Crippen LogP contribution in [-0.4, -0.2) is 40.1 Å². The first kappa shape index (κ1) is 22.5. The van der Waals surface area contributed by atoms with Crippen molar-refractivity contribution in [1.82, 2.24) is 40.1 Å². The normalized spacial score (nSPS) is 11.2. The molecule has 0 fully saturated rings. The van der Waals surface area contributed by atoms with Gasteiger partial charge in [0.25, 0.3) is 0 Å². The second-order valence-corrected chi connectivity index (χ2v) is 8.97. The van der Waals surface area contributed by atoms with E-state index < -0.39 is 0 Å². The molecule has 0 unspecified atom stereocenters. The molecular formula is C30H21N9. The van der Waals surface area contributed by atoms with Crippen molar-refractivity contribution < 1.29 is 0 Å². The van der Waals surface area contributed by atoms with Gasteiger partial charge in [-0.1, -0.05) is 36.9 Å². The molecule has 7 rings (SSSR count). The van der Waals surface area contributed by atoms with Crippen molar-refractivity contribution in [3.63, 3.8) is 0 Å². The number of rotatable bonds is 6. The van der Waals surface area contributed by atoms with Gasteiger partial charge in [0.05, 0.1) is 34.3 Å².